The molecule has 0 aromatic carbocycles. The number of anilines is 1. The molecule has 3 nitrogen and oxygen atoms in total. The highest BCUT2D eigenvalue weighted by atomic mass is 127. The van der Waals surface area contributed by atoms with E-state index in [9.17, 15) is 4.79 Å². The monoisotopic (exact) mass is 344 g/mol. The number of amides is 1. The standard InChI is InChI=1S/C13H17IN2O/c14-11-6-7-12(15-9-11)16-13(17)8-10-4-2-1-3-5-10/h6-7,9-10H,1-5,8H2,(H,15,16,17). The molecule has 0 spiro atoms. The van der Waals surface area contributed by atoms with E-state index in [4.69, 9.17) is 0 Å². The van der Waals surface area contributed by atoms with Crippen molar-refractivity contribution in [2.45, 2.75) is 38.5 Å². The van der Waals surface area contributed by atoms with E-state index in [1.54, 1.807) is 6.20 Å². The van der Waals surface area contributed by atoms with Gasteiger partial charge in [0.2, 0.25) is 5.91 Å². The lowest BCUT2D eigenvalue weighted by atomic mass is 9.87. The Bertz CT molecular complexity index is 372. The molecule has 1 aromatic heterocycles. The van der Waals surface area contributed by atoms with Crippen molar-refractivity contribution in [1.29, 1.82) is 0 Å². The molecule has 1 fully saturated rings. The number of hydrogen-bond donors (Lipinski definition) is 1. The van der Waals surface area contributed by atoms with Gasteiger partial charge in [0.1, 0.15) is 5.82 Å². The fourth-order valence-corrected chi connectivity index (χ4v) is 2.62. The lowest BCUT2D eigenvalue weighted by Gasteiger charge is -2.20. The minimum Gasteiger partial charge on any atom is -0.311 e. The SMILES string of the molecule is O=C(CC1CCCCC1)Nc1ccc(I)cn1. The van der Waals surface area contributed by atoms with Crippen molar-refractivity contribution in [3.63, 3.8) is 0 Å². The molecule has 1 aromatic rings. The van der Waals surface area contributed by atoms with Crippen LogP contribution in [0.2, 0.25) is 0 Å². The first-order valence-electron chi connectivity index (χ1n) is 6.15. The maximum Gasteiger partial charge on any atom is 0.225 e. The molecule has 1 aliphatic carbocycles. The zero-order chi connectivity index (χ0) is 12.1. The molecular formula is C13H17IN2O. The molecular weight excluding hydrogens is 327 g/mol. The lowest BCUT2D eigenvalue weighted by molar-refractivity contribution is -0.117. The summed E-state index contributed by atoms with van der Waals surface area (Å²) in [6, 6.07) is 3.80. The molecule has 2 rings (SSSR count). The quantitative estimate of drug-likeness (QED) is 0.852. The van der Waals surface area contributed by atoms with Crippen LogP contribution in [-0.2, 0) is 4.79 Å². The predicted molar refractivity (Wildman–Crippen MR) is 76.8 cm³/mol. The molecule has 0 bridgehead atoms. The first kappa shape index (κ1) is 12.8. The Morgan fingerprint density at radius 3 is 2.76 bits per heavy atom. The van der Waals surface area contributed by atoms with Crippen molar-refractivity contribution in [2.24, 2.45) is 5.92 Å². The largest absolute Gasteiger partial charge is 0.311 e. The summed E-state index contributed by atoms with van der Waals surface area (Å²) < 4.78 is 1.08. The van der Waals surface area contributed by atoms with Crippen LogP contribution < -0.4 is 5.32 Å². The number of nitrogens with one attached hydrogen (secondary N) is 1. The third-order valence-corrected chi connectivity index (χ3v) is 3.83. The molecule has 1 saturated carbocycles. The van der Waals surface area contributed by atoms with Gasteiger partial charge >= 0.3 is 0 Å². The van der Waals surface area contributed by atoms with Crippen LogP contribution in [0.4, 0.5) is 5.82 Å². The minimum atomic E-state index is 0.102. The number of pyridine rings is 1. The van der Waals surface area contributed by atoms with Gasteiger partial charge in [0.15, 0.2) is 0 Å². The van der Waals surface area contributed by atoms with Crippen molar-refractivity contribution >= 4 is 34.3 Å². The number of rotatable bonds is 3. The lowest BCUT2D eigenvalue weighted by Crippen LogP contribution is -2.18. The second kappa shape index (κ2) is 6.33. The van der Waals surface area contributed by atoms with Crippen molar-refractivity contribution in [2.75, 3.05) is 5.32 Å². The van der Waals surface area contributed by atoms with E-state index in [2.05, 4.69) is 32.9 Å². The van der Waals surface area contributed by atoms with Crippen LogP contribution in [0.1, 0.15) is 38.5 Å². The summed E-state index contributed by atoms with van der Waals surface area (Å²) >= 11 is 2.20. The summed E-state index contributed by atoms with van der Waals surface area (Å²) in [6.07, 6.45) is 8.70. The van der Waals surface area contributed by atoms with E-state index in [1.807, 2.05) is 12.1 Å². The molecule has 1 amide bonds. The number of carbonyl (C=O) groups is 1. The van der Waals surface area contributed by atoms with Crippen LogP contribution in [0.5, 0.6) is 0 Å². The average molecular weight is 344 g/mol. The number of nitrogens with zero attached hydrogens (tertiary/aromatic N) is 1. The normalized spacial score (nSPS) is 16.8. The second-order valence-electron chi connectivity index (χ2n) is 4.62. The van der Waals surface area contributed by atoms with Gasteiger partial charge in [-0.25, -0.2) is 4.98 Å². The third kappa shape index (κ3) is 4.26. The molecule has 4 heteroatoms. The Kier molecular flexibility index (Phi) is 4.76. The maximum atomic E-state index is 11.8. The molecule has 0 atom stereocenters. The van der Waals surface area contributed by atoms with Crippen LogP contribution in [0.15, 0.2) is 18.3 Å². The van der Waals surface area contributed by atoms with Gasteiger partial charge < -0.3 is 5.32 Å². The zero-order valence-electron chi connectivity index (χ0n) is 9.79. The van der Waals surface area contributed by atoms with Crippen LogP contribution in [0.25, 0.3) is 0 Å². The molecule has 1 N–H and O–H groups in total. The van der Waals surface area contributed by atoms with Crippen molar-refractivity contribution in [3.8, 4) is 0 Å². The minimum absolute atomic E-state index is 0.102. The molecule has 1 aliphatic rings. The van der Waals surface area contributed by atoms with E-state index in [-0.39, 0.29) is 5.91 Å². The second-order valence-corrected chi connectivity index (χ2v) is 5.86. The molecule has 1 heterocycles. The maximum absolute atomic E-state index is 11.8. The third-order valence-electron chi connectivity index (χ3n) is 3.19. The van der Waals surface area contributed by atoms with Crippen molar-refractivity contribution in [3.05, 3.63) is 21.9 Å². The summed E-state index contributed by atoms with van der Waals surface area (Å²) in [7, 11) is 0. The van der Waals surface area contributed by atoms with Crippen molar-refractivity contribution < 1.29 is 4.79 Å². The summed E-state index contributed by atoms with van der Waals surface area (Å²) in [4.78, 5) is 16.0. The van der Waals surface area contributed by atoms with Crippen LogP contribution in [0.3, 0.4) is 0 Å². The Hall–Kier alpha value is -0.650. The highest BCUT2D eigenvalue weighted by Crippen LogP contribution is 2.26. The van der Waals surface area contributed by atoms with Gasteiger partial charge in [-0.2, -0.15) is 0 Å². The van der Waals surface area contributed by atoms with Gasteiger partial charge in [0.05, 0.1) is 0 Å². The number of carbonyl (C=O) groups excluding carboxylic acids is 1. The highest BCUT2D eigenvalue weighted by Gasteiger charge is 2.17. The Morgan fingerprint density at radius 1 is 1.35 bits per heavy atom. The summed E-state index contributed by atoms with van der Waals surface area (Å²) in [5.41, 5.74) is 0. The predicted octanol–water partition coefficient (Wildman–Crippen LogP) is 3.60. The molecule has 17 heavy (non-hydrogen) atoms. The fraction of sp³-hybridized carbons (Fsp3) is 0.538. The fourth-order valence-electron chi connectivity index (χ4n) is 2.30. The first-order chi connectivity index (χ1) is 8.24. The first-order valence-corrected chi connectivity index (χ1v) is 7.23. The number of hydrogen-bond acceptors (Lipinski definition) is 2. The molecule has 0 radical (unpaired) electrons. The van der Waals surface area contributed by atoms with Crippen molar-refractivity contribution in [1.82, 2.24) is 4.98 Å². The Labute approximate surface area is 116 Å². The van der Waals surface area contributed by atoms with Gasteiger partial charge in [-0.1, -0.05) is 19.3 Å². The molecule has 0 unspecified atom stereocenters. The Balaban J connectivity index is 1.82. The van der Waals surface area contributed by atoms with Crippen LogP contribution in [0, 0.1) is 9.49 Å². The van der Waals surface area contributed by atoms with Gasteiger partial charge in [-0.3, -0.25) is 4.79 Å². The average Bonchev–Trinajstić information content (AvgIpc) is 2.33. The van der Waals surface area contributed by atoms with Gasteiger partial charge in [0, 0.05) is 16.2 Å². The van der Waals surface area contributed by atoms with E-state index in [0.29, 0.717) is 18.2 Å². The van der Waals surface area contributed by atoms with E-state index < -0.39 is 0 Å². The van der Waals surface area contributed by atoms with Crippen LogP contribution in [-0.4, -0.2) is 10.9 Å². The van der Waals surface area contributed by atoms with E-state index >= 15 is 0 Å². The van der Waals surface area contributed by atoms with Gasteiger partial charge in [-0.15, -0.1) is 0 Å². The van der Waals surface area contributed by atoms with Gasteiger partial charge in [0.25, 0.3) is 0 Å². The highest BCUT2D eigenvalue weighted by molar-refractivity contribution is 14.1. The molecule has 0 aliphatic heterocycles. The summed E-state index contributed by atoms with van der Waals surface area (Å²) in [5.74, 6) is 1.34. The molecule has 92 valence electrons. The molecule has 0 saturated heterocycles. The summed E-state index contributed by atoms with van der Waals surface area (Å²) in [5, 5.41) is 2.86. The van der Waals surface area contributed by atoms with Gasteiger partial charge in [-0.05, 0) is 53.5 Å². The summed E-state index contributed by atoms with van der Waals surface area (Å²) in [6.45, 7) is 0. The Morgan fingerprint density at radius 2 is 2.12 bits per heavy atom. The van der Waals surface area contributed by atoms with E-state index in [0.717, 1.165) is 3.57 Å². The number of aromatic nitrogens is 1. The topological polar surface area (TPSA) is 42.0 Å². The van der Waals surface area contributed by atoms with Crippen LogP contribution >= 0.6 is 22.6 Å². The zero-order valence-corrected chi connectivity index (χ0v) is 11.9. The van der Waals surface area contributed by atoms with E-state index in [1.165, 1.54) is 32.1 Å². The smallest absolute Gasteiger partial charge is 0.225 e. The number of halogens is 1.